The van der Waals surface area contributed by atoms with E-state index in [1.54, 1.807) is 24.3 Å². The molecule has 0 fully saturated rings. The second-order valence-corrected chi connectivity index (χ2v) is 6.36. The minimum Gasteiger partial charge on any atom is -0.359 e. The van der Waals surface area contributed by atoms with Gasteiger partial charge >= 0.3 is 0 Å². The molecule has 0 bridgehead atoms. The zero-order chi connectivity index (χ0) is 12.9. The molecule has 1 aromatic rings. The van der Waals surface area contributed by atoms with Gasteiger partial charge in [0.05, 0.1) is 12.1 Å². The Labute approximate surface area is 109 Å². The lowest BCUT2D eigenvalue weighted by atomic mass is 10.1. The van der Waals surface area contributed by atoms with Gasteiger partial charge in [-0.25, -0.2) is 8.42 Å². The Kier molecular flexibility index (Phi) is 4.95. The monoisotopic (exact) mass is 320 g/mol. The summed E-state index contributed by atoms with van der Waals surface area (Å²) >= 11 is 2.89. The zero-order valence-corrected chi connectivity index (χ0v) is 11.6. The SMILES string of the molecule is CNC(=O)Cc1ccccc1NS(=O)(=O)CBr. The molecular weight excluding hydrogens is 308 g/mol. The quantitative estimate of drug-likeness (QED) is 0.797. The van der Waals surface area contributed by atoms with Crippen molar-refractivity contribution in [3.63, 3.8) is 0 Å². The van der Waals surface area contributed by atoms with Gasteiger partial charge in [-0.05, 0) is 11.6 Å². The van der Waals surface area contributed by atoms with Crippen molar-refractivity contribution in [1.82, 2.24) is 5.32 Å². The van der Waals surface area contributed by atoms with Gasteiger partial charge in [-0.15, -0.1) is 0 Å². The van der Waals surface area contributed by atoms with Gasteiger partial charge in [0.1, 0.15) is 4.66 Å². The summed E-state index contributed by atoms with van der Waals surface area (Å²) in [6.07, 6.45) is 0.136. The fourth-order valence-corrected chi connectivity index (χ4v) is 2.16. The molecule has 17 heavy (non-hydrogen) atoms. The molecule has 0 saturated heterocycles. The van der Waals surface area contributed by atoms with Gasteiger partial charge in [-0.1, -0.05) is 34.1 Å². The van der Waals surface area contributed by atoms with Crippen LogP contribution in [0.2, 0.25) is 0 Å². The first kappa shape index (κ1) is 14.0. The minimum atomic E-state index is -3.40. The molecule has 0 unspecified atom stereocenters. The van der Waals surface area contributed by atoms with E-state index < -0.39 is 10.0 Å². The van der Waals surface area contributed by atoms with E-state index in [1.807, 2.05) is 0 Å². The Morgan fingerprint density at radius 1 is 1.35 bits per heavy atom. The molecule has 0 aromatic heterocycles. The third-order valence-electron chi connectivity index (χ3n) is 2.06. The largest absolute Gasteiger partial charge is 0.359 e. The molecule has 5 nitrogen and oxygen atoms in total. The number of benzene rings is 1. The second-order valence-electron chi connectivity index (χ2n) is 3.33. The van der Waals surface area contributed by atoms with E-state index >= 15 is 0 Å². The number of carbonyl (C=O) groups is 1. The van der Waals surface area contributed by atoms with E-state index in [-0.39, 0.29) is 17.0 Å². The first-order chi connectivity index (χ1) is 7.98. The summed E-state index contributed by atoms with van der Waals surface area (Å²) in [5.74, 6) is -0.171. The normalized spacial score (nSPS) is 10.9. The van der Waals surface area contributed by atoms with Crippen LogP contribution in [0.5, 0.6) is 0 Å². The molecule has 0 radical (unpaired) electrons. The lowest BCUT2D eigenvalue weighted by Crippen LogP contribution is -2.21. The molecule has 0 aliphatic heterocycles. The smallest absolute Gasteiger partial charge is 0.242 e. The highest BCUT2D eigenvalue weighted by atomic mass is 79.9. The summed E-state index contributed by atoms with van der Waals surface area (Å²) in [5.41, 5.74) is 1.06. The maximum atomic E-state index is 11.4. The number of sulfonamides is 1. The molecule has 0 aliphatic rings. The van der Waals surface area contributed by atoms with Gasteiger partial charge in [-0.3, -0.25) is 9.52 Å². The number of halogens is 1. The van der Waals surface area contributed by atoms with Crippen LogP contribution in [0.3, 0.4) is 0 Å². The van der Waals surface area contributed by atoms with Crippen molar-refractivity contribution in [2.75, 3.05) is 16.4 Å². The highest BCUT2D eigenvalue weighted by molar-refractivity contribution is 9.10. The fourth-order valence-electron chi connectivity index (χ4n) is 1.23. The second kappa shape index (κ2) is 6.02. The van der Waals surface area contributed by atoms with Crippen molar-refractivity contribution in [3.05, 3.63) is 29.8 Å². The highest BCUT2D eigenvalue weighted by Gasteiger charge is 2.12. The van der Waals surface area contributed by atoms with Crippen LogP contribution in [0.4, 0.5) is 5.69 Å². The summed E-state index contributed by atoms with van der Waals surface area (Å²) < 4.78 is 25.1. The number of likely N-dealkylation sites (N-methyl/N-ethyl adjacent to an activating group) is 1. The Morgan fingerprint density at radius 2 is 2.00 bits per heavy atom. The van der Waals surface area contributed by atoms with E-state index in [1.165, 1.54) is 7.05 Å². The molecule has 0 atom stereocenters. The summed E-state index contributed by atoms with van der Waals surface area (Å²) in [5, 5.41) is 2.49. The van der Waals surface area contributed by atoms with E-state index in [0.29, 0.717) is 11.3 Å². The van der Waals surface area contributed by atoms with Crippen LogP contribution in [0.25, 0.3) is 0 Å². The topological polar surface area (TPSA) is 75.3 Å². The number of rotatable bonds is 5. The Bertz CT molecular complexity index is 502. The molecule has 7 heteroatoms. The molecular formula is C10H13BrN2O3S. The highest BCUT2D eigenvalue weighted by Crippen LogP contribution is 2.17. The van der Waals surface area contributed by atoms with Crippen LogP contribution < -0.4 is 10.0 Å². The third-order valence-corrected chi connectivity index (χ3v) is 4.68. The molecule has 0 spiro atoms. The Hall–Kier alpha value is -1.08. The lowest BCUT2D eigenvalue weighted by molar-refractivity contribution is -0.119. The number of hydrogen-bond donors (Lipinski definition) is 2. The molecule has 1 rings (SSSR count). The van der Waals surface area contributed by atoms with Crippen molar-refractivity contribution in [2.45, 2.75) is 6.42 Å². The number of hydrogen-bond acceptors (Lipinski definition) is 3. The summed E-state index contributed by atoms with van der Waals surface area (Å²) in [7, 11) is -1.87. The maximum absolute atomic E-state index is 11.4. The number of para-hydroxylation sites is 1. The first-order valence-corrected chi connectivity index (χ1v) is 7.61. The predicted molar refractivity (Wildman–Crippen MR) is 70.5 cm³/mol. The fraction of sp³-hybridized carbons (Fsp3) is 0.300. The van der Waals surface area contributed by atoms with Crippen molar-refractivity contribution >= 4 is 37.5 Å². The van der Waals surface area contributed by atoms with Crippen molar-refractivity contribution in [3.8, 4) is 0 Å². The van der Waals surface area contributed by atoms with Crippen LogP contribution in [-0.2, 0) is 21.2 Å². The molecule has 1 amide bonds. The minimum absolute atomic E-state index is 0.136. The number of carbonyl (C=O) groups excluding carboxylic acids is 1. The van der Waals surface area contributed by atoms with Gasteiger partial charge in [0, 0.05) is 7.05 Å². The van der Waals surface area contributed by atoms with Crippen molar-refractivity contribution in [1.29, 1.82) is 0 Å². The average molecular weight is 321 g/mol. The third kappa shape index (κ3) is 4.35. The van der Waals surface area contributed by atoms with E-state index in [4.69, 9.17) is 0 Å². The van der Waals surface area contributed by atoms with Gasteiger partial charge in [0.25, 0.3) is 0 Å². The summed E-state index contributed by atoms with van der Waals surface area (Å²) in [6, 6.07) is 6.80. The van der Waals surface area contributed by atoms with Gasteiger partial charge in [0.15, 0.2) is 0 Å². The van der Waals surface area contributed by atoms with Gasteiger partial charge in [-0.2, -0.15) is 0 Å². The van der Waals surface area contributed by atoms with Crippen LogP contribution in [0, 0.1) is 0 Å². The standard InChI is InChI=1S/C10H13BrN2O3S/c1-12-10(14)6-8-4-2-3-5-9(8)13-17(15,16)7-11/h2-5,13H,6-7H2,1H3,(H,12,14). The first-order valence-electron chi connectivity index (χ1n) is 4.83. The van der Waals surface area contributed by atoms with Crippen molar-refractivity contribution in [2.24, 2.45) is 0 Å². The zero-order valence-electron chi connectivity index (χ0n) is 9.23. The van der Waals surface area contributed by atoms with E-state index in [0.717, 1.165) is 0 Å². The van der Waals surface area contributed by atoms with Crippen LogP contribution in [-0.4, -0.2) is 26.0 Å². The Morgan fingerprint density at radius 3 is 2.59 bits per heavy atom. The number of amides is 1. The maximum Gasteiger partial charge on any atom is 0.242 e. The van der Waals surface area contributed by atoms with Crippen LogP contribution in [0.15, 0.2) is 24.3 Å². The molecule has 0 saturated carbocycles. The molecule has 0 heterocycles. The van der Waals surface area contributed by atoms with Gasteiger partial charge < -0.3 is 5.32 Å². The number of alkyl halides is 1. The molecule has 2 N–H and O–H groups in total. The number of nitrogens with one attached hydrogen (secondary N) is 2. The predicted octanol–water partition coefficient (Wildman–Crippen LogP) is 1.07. The summed E-state index contributed by atoms with van der Waals surface area (Å²) in [6.45, 7) is 0. The average Bonchev–Trinajstić information content (AvgIpc) is 2.31. The molecule has 94 valence electrons. The van der Waals surface area contributed by atoms with E-state index in [2.05, 4.69) is 26.0 Å². The van der Waals surface area contributed by atoms with E-state index in [9.17, 15) is 13.2 Å². The van der Waals surface area contributed by atoms with Gasteiger partial charge in [0.2, 0.25) is 15.9 Å². The number of anilines is 1. The summed E-state index contributed by atoms with van der Waals surface area (Å²) in [4.78, 5) is 11.3. The molecule has 0 aliphatic carbocycles. The molecule has 1 aromatic carbocycles. The van der Waals surface area contributed by atoms with Crippen molar-refractivity contribution < 1.29 is 13.2 Å². The van der Waals surface area contributed by atoms with Crippen LogP contribution in [0.1, 0.15) is 5.56 Å². The lowest BCUT2D eigenvalue weighted by Gasteiger charge is -2.10. The Balaban J connectivity index is 2.96. The van der Waals surface area contributed by atoms with Crippen LogP contribution >= 0.6 is 15.9 Å².